The molecule has 1 aliphatic rings. The van der Waals surface area contributed by atoms with Crippen LogP contribution in [-0.2, 0) is 10.0 Å². The van der Waals surface area contributed by atoms with Crippen molar-refractivity contribution >= 4 is 20.9 Å². The number of nitrogens with zero attached hydrogens (tertiary/aromatic N) is 2. The number of hydrogen-bond acceptors (Lipinski definition) is 3. The highest BCUT2D eigenvalue weighted by molar-refractivity contribution is 7.90. The van der Waals surface area contributed by atoms with Crippen LogP contribution in [0, 0.1) is 18.7 Å². The molecule has 1 heterocycles. The predicted molar refractivity (Wildman–Crippen MR) is 105 cm³/mol. The molecule has 1 fully saturated rings. The number of fused-ring (bicyclic) bond motifs is 1. The minimum absolute atomic E-state index is 0.238. The van der Waals surface area contributed by atoms with Gasteiger partial charge in [-0.2, -0.15) is 0 Å². The summed E-state index contributed by atoms with van der Waals surface area (Å²) >= 11 is 0. The zero-order chi connectivity index (χ0) is 19.3. The van der Waals surface area contributed by atoms with Crippen molar-refractivity contribution in [2.45, 2.75) is 24.2 Å². The molecule has 0 aliphatic heterocycles. The van der Waals surface area contributed by atoms with Gasteiger partial charge in [0.1, 0.15) is 5.82 Å². The lowest BCUT2D eigenvalue weighted by molar-refractivity contribution is 0.385. The molecule has 27 heavy (non-hydrogen) atoms. The molecule has 1 aromatic heterocycles. The quantitative estimate of drug-likeness (QED) is 0.666. The first-order chi connectivity index (χ1) is 12.8. The molecule has 0 amide bonds. The fourth-order valence-electron chi connectivity index (χ4n) is 3.81. The summed E-state index contributed by atoms with van der Waals surface area (Å²) in [5, 5.41) is 0.692. The van der Waals surface area contributed by atoms with Gasteiger partial charge in [-0.15, -0.1) is 0 Å². The van der Waals surface area contributed by atoms with Gasteiger partial charge in [0.2, 0.25) is 0 Å². The first kappa shape index (κ1) is 18.2. The van der Waals surface area contributed by atoms with Crippen molar-refractivity contribution in [1.82, 2.24) is 8.87 Å². The molecular formula is C21H23FN2O2S. The number of benzene rings is 2. The molecule has 4 rings (SSSR count). The predicted octanol–water partition coefficient (Wildman–Crippen LogP) is 3.99. The van der Waals surface area contributed by atoms with Crippen molar-refractivity contribution in [3.05, 3.63) is 65.6 Å². The van der Waals surface area contributed by atoms with E-state index in [9.17, 15) is 12.8 Å². The van der Waals surface area contributed by atoms with Crippen LogP contribution in [0.2, 0.25) is 0 Å². The molecule has 0 unspecified atom stereocenters. The van der Waals surface area contributed by atoms with Gasteiger partial charge in [0.05, 0.1) is 10.4 Å². The Balaban J connectivity index is 1.83. The average molecular weight is 386 g/mol. The molecule has 0 radical (unpaired) electrons. The second-order valence-corrected chi connectivity index (χ2v) is 9.54. The van der Waals surface area contributed by atoms with Crippen LogP contribution in [0.15, 0.2) is 53.6 Å². The third-order valence-electron chi connectivity index (χ3n) is 5.26. The zero-order valence-electron chi connectivity index (χ0n) is 15.7. The van der Waals surface area contributed by atoms with E-state index in [2.05, 4.69) is 4.90 Å². The number of halogens is 1. The minimum Gasteiger partial charge on any atom is -0.309 e. The van der Waals surface area contributed by atoms with Crippen molar-refractivity contribution in [2.24, 2.45) is 5.92 Å². The lowest BCUT2D eigenvalue weighted by atomic mass is 10.1. The molecule has 0 saturated heterocycles. The van der Waals surface area contributed by atoms with Crippen molar-refractivity contribution in [2.75, 3.05) is 20.6 Å². The van der Waals surface area contributed by atoms with Crippen LogP contribution in [-0.4, -0.2) is 37.9 Å². The highest BCUT2D eigenvalue weighted by Gasteiger charge is 2.40. The lowest BCUT2D eigenvalue weighted by Gasteiger charge is -2.08. The van der Waals surface area contributed by atoms with Crippen molar-refractivity contribution in [3.8, 4) is 0 Å². The van der Waals surface area contributed by atoms with Gasteiger partial charge >= 0.3 is 0 Å². The van der Waals surface area contributed by atoms with Crippen LogP contribution in [0.3, 0.4) is 0 Å². The number of aryl methyl sites for hydroxylation is 1. The number of rotatable bonds is 5. The topological polar surface area (TPSA) is 42.3 Å². The van der Waals surface area contributed by atoms with Crippen LogP contribution in [0.1, 0.15) is 23.5 Å². The van der Waals surface area contributed by atoms with E-state index in [1.165, 1.54) is 16.1 Å². The van der Waals surface area contributed by atoms with Gasteiger partial charge < -0.3 is 4.90 Å². The monoisotopic (exact) mass is 386 g/mol. The third-order valence-corrected chi connectivity index (χ3v) is 6.95. The summed E-state index contributed by atoms with van der Waals surface area (Å²) in [7, 11) is 0.319. The van der Waals surface area contributed by atoms with Crippen molar-refractivity contribution in [1.29, 1.82) is 0 Å². The molecular weight excluding hydrogens is 363 g/mol. The van der Waals surface area contributed by atoms with E-state index in [1.54, 1.807) is 36.5 Å². The summed E-state index contributed by atoms with van der Waals surface area (Å²) in [5.41, 5.74) is 2.45. The van der Waals surface area contributed by atoms with Gasteiger partial charge in [-0.05, 0) is 75.2 Å². The molecule has 1 aliphatic carbocycles. The van der Waals surface area contributed by atoms with E-state index in [4.69, 9.17) is 0 Å². The van der Waals surface area contributed by atoms with Crippen molar-refractivity contribution in [3.63, 3.8) is 0 Å². The first-order valence-corrected chi connectivity index (χ1v) is 10.5. The van der Waals surface area contributed by atoms with Gasteiger partial charge in [0.15, 0.2) is 0 Å². The van der Waals surface area contributed by atoms with Gasteiger partial charge in [0, 0.05) is 18.1 Å². The van der Waals surface area contributed by atoms with Crippen LogP contribution >= 0.6 is 0 Å². The molecule has 0 N–H and O–H groups in total. The summed E-state index contributed by atoms with van der Waals surface area (Å²) in [6.07, 6.45) is 2.69. The Morgan fingerprint density at radius 1 is 1.15 bits per heavy atom. The van der Waals surface area contributed by atoms with Gasteiger partial charge in [-0.25, -0.2) is 16.8 Å². The molecule has 2 aromatic carbocycles. The minimum atomic E-state index is -3.74. The summed E-state index contributed by atoms with van der Waals surface area (Å²) in [4.78, 5) is 2.37. The molecule has 6 heteroatoms. The number of aromatic nitrogens is 1. The van der Waals surface area contributed by atoms with Crippen LogP contribution < -0.4 is 0 Å². The fourth-order valence-corrected chi connectivity index (χ4v) is 5.19. The summed E-state index contributed by atoms with van der Waals surface area (Å²) in [6.45, 7) is 2.86. The Labute approximate surface area is 159 Å². The smallest absolute Gasteiger partial charge is 0.268 e. The highest BCUT2D eigenvalue weighted by atomic mass is 32.2. The average Bonchev–Trinajstić information content (AvgIpc) is 3.24. The lowest BCUT2D eigenvalue weighted by Crippen LogP contribution is -2.15. The molecule has 4 nitrogen and oxygen atoms in total. The summed E-state index contributed by atoms with van der Waals surface area (Å²) in [6, 6.07) is 11.1. The van der Waals surface area contributed by atoms with E-state index < -0.39 is 10.0 Å². The third kappa shape index (κ3) is 3.28. The van der Waals surface area contributed by atoms with E-state index in [0.717, 1.165) is 24.1 Å². The first-order valence-electron chi connectivity index (χ1n) is 9.05. The van der Waals surface area contributed by atoms with Gasteiger partial charge in [0.25, 0.3) is 10.0 Å². The summed E-state index contributed by atoms with van der Waals surface area (Å²) < 4.78 is 41.7. The van der Waals surface area contributed by atoms with Crippen LogP contribution in [0.25, 0.3) is 10.9 Å². The zero-order valence-corrected chi connectivity index (χ0v) is 16.5. The molecule has 1 saturated carbocycles. The molecule has 0 bridgehead atoms. The Kier molecular flexibility index (Phi) is 4.35. The molecule has 142 valence electrons. The maximum atomic E-state index is 13.9. The molecule has 0 spiro atoms. The standard InChI is InChI=1S/C21H23FN2O2S/c1-14-4-7-17(8-5-14)27(25,26)24-13-20(18-10-15(18)12-23(2)3)19-11-16(22)6-9-21(19)24/h4-9,11,13,15,18H,10,12H2,1-3H3/t15-,18+/m0/s1. The Morgan fingerprint density at radius 2 is 1.85 bits per heavy atom. The fraction of sp³-hybridized carbons (Fsp3) is 0.333. The number of hydrogen-bond donors (Lipinski definition) is 0. The van der Waals surface area contributed by atoms with E-state index in [0.29, 0.717) is 16.8 Å². The Hall–Kier alpha value is -2.18. The van der Waals surface area contributed by atoms with E-state index >= 15 is 0 Å². The van der Waals surface area contributed by atoms with E-state index in [1.807, 2.05) is 21.0 Å². The van der Waals surface area contributed by atoms with Gasteiger partial charge in [-0.1, -0.05) is 17.7 Å². The molecule has 3 aromatic rings. The van der Waals surface area contributed by atoms with Gasteiger partial charge in [-0.3, -0.25) is 0 Å². The summed E-state index contributed by atoms with van der Waals surface area (Å²) in [5.74, 6) is 0.398. The highest BCUT2D eigenvalue weighted by Crippen LogP contribution is 2.50. The van der Waals surface area contributed by atoms with Crippen LogP contribution in [0.4, 0.5) is 4.39 Å². The Morgan fingerprint density at radius 3 is 2.52 bits per heavy atom. The largest absolute Gasteiger partial charge is 0.309 e. The second-order valence-electron chi connectivity index (χ2n) is 7.72. The van der Waals surface area contributed by atoms with Crippen LogP contribution in [0.5, 0.6) is 0 Å². The normalized spacial score (nSPS) is 19.7. The maximum Gasteiger partial charge on any atom is 0.268 e. The van der Waals surface area contributed by atoms with E-state index in [-0.39, 0.29) is 16.6 Å². The van der Waals surface area contributed by atoms with Crippen molar-refractivity contribution < 1.29 is 12.8 Å². The maximum absolute atomic E-state index is 13.9. The SMILES string of the molecule is Cc1ccc(S(=O)(=O)n2cc([C@@H]3C[C@H]3CN(C)C)c3cc(F)ccc32)cc1. The molecule has 2 atom stereocenters. The Bertz CT molecular complexity index is 1100. The second kappa shape index (κ2) is 6.46.